The summed E-state index contributed by atoms with van der Waals surface area (Å²) in [4.78, 5) is 14.4. The molecule has 1 aromatic carbocycles. The number of amides is 1. The Morgan fingerprint density at radius 1 is 1.25 bits per heavy atom. The second kappa shape index (κ2) is 8.15. The van der Waals surface area contributed by atoms with Gasteiger partial charge >= 0.3 is 0 Å². The largest absolute Gasteiger partial charge is 0.376 e. The zero-order chi connectivity index (χ0) is 17.2. The molecule has 1 unspecified atom stereocenters. The number of anilines is 2. The van der Waals surface area contributed by atoms with Gasteiger partial charge in [0.2, 0.25) is 15.9 Å². The molecule has 1 aromatic rings. The molecule has 0 saturated carbocycles. The number of rotatable bonds is 5. The third-order valence-corrected chi connectivity index (χ3v) is 5.73. The van der Waals surface area contributed by atoms with Gasteiger partial charge in [0.25, 0.3) is 0 Å². The molecular formula is C15H25ClN4O3S. The SMILES string of the molecule is CN(C)c1ccc(S(=O)(=O)N(C)C)cc1NC(=O)C1CCNC1.Cl. The van der Waals surface area contributed by atoms with Crippen LogP contribution in [-0.4, -0.2) is 59.9 Å². The van der Waals surface area contributed by atoms with Crippen LogP contribution in [0.3, 0.4) is 0 Å². The highest BCUT2D eigenvalue weighted by molar-refractivity contribution is 7.89. The van der Waals surface area contributed by atoms with Crippen LogP contribution in [0.25, 0.3) is 0 Å². The van der Waals surface area contributed by atoms with Gasteiger partial charge in [0.15, 0.2) is 0 Å². The summed E-state index contributed by atoms with van der Waals surface area (Å²) in [6.45, 7) is 1.48. The van der Waals surface area contributed by atoms with Crippen molar-refractivity contribution in [2.24, 2.45) is 5.92 Å². The molecule has 24 heavy (non-hydrogen) atoms. The van der Waals surface area contributed by atoms with Crippen molar-refractivity contribution in [1.82, 2.24) is 9.62 Å². The lowest BCUT2D eigenvalue weighted by Crippen LogP contribution is -2.26. The molecule has 1 saturated heterocycles. The van der Waals surface area contributed by atoms with Gasteiger partial charge in [-0.15, -0.1) is 12.4 Å². The van der Waals surface area contributed by atoms with Gasteiger partial charge in [-0.3, -0.25) is 4.79 Å². The number of halogens is 1. The lowest BCUT2D eigenvalue weighted by molar-refractivity contribution is -0.119. The van der Waals surface area contributed by atoms with Crippen molar-refractivity contribution in [3.63, 3.8) is 0 Å². The highest BCUT2D eigenvalue weighted by atomic mass is 35.5. The zero-order valence-electron chi connectivity index (χ0n) is 14.4. The molecule has 9 heteroatoms. The lowest BCUT2D eigenvalue weighted by atomic mass is 10.1. The number of benzene rings is 1. The van der Waals surface area contributed by atoms with Crippen LogP contribution in [0, 0.1) is 5.92 Å². The summed E-state index contributed by atoms with van der Waals surface area (Å²) in [5, 5.41) is 6.03. The van der Waals surface area contributed by atoms with Crippen LogP contribution in [0.2, 0.25) is 0 Å². The molecule has 0 spiro atoms. The van der Waals surface area contributed by atoms with E-state index < -0.39 is 10.0 Å². The molecule has 0 aromatic heterocycles. The maximum absolute atomic E-state index is 12.4. The summed E-state index contributed by atoms with van der Waals surface area (Å²) in [6.07, 6.45) is 0.790. The monoisotopic (exact) mass is 376 g/mol. The van der Waals surface area contributed by atoms with E-state index in [9.17, 15) is 13.2 Å². The average molecular weight is 377 g/mol. The molecular weight excluding hydrogens is 352 g/mol. The van der Waals surface area contributed by atoms with Crippen molar-refractivity contribution in [2.75, 3.05) is 51.5 Å². The highest BCUT2D eigenvalue weighted by Gasteiger charge is 2.25. The first-order valence-electron chi connectivity index (χ1n) is 7.49. The maximum atomic E-state index is 12.4. The first-order chi connectivity index (χ1) is 10.7. The van der Waals surface area contributed by atoms with Crippen LogP contribution in [0.5, 0.6) is 0 Å². The van der Waals surface area contributed by atoms with Gasteiger partial charge in [-0.2, -0.15) is 0 Å². The second-order valence-corrected chi connectivity index (χ2v) is 8.19. The fraction of sp³-hybridized carbons (Fsp3) is 0.533. The normalized spacial score (nSPS) is 17.5. The van der Waals surface area contributed by atoms with Gasteiger partial charge in [0.05, 0.1) is 22.2 Å². The summed E-state index contributed by atoms with van der Waals surface area (Å²) in [5.41, 5.74) is 1.27. The summed E-state index contributed by atoms with van der Waals surface area (Å²) in [7, 11) is 3.12. The minimum atomic E-state index is -3.55. The zero-order valence-corrected chi connectivity index (χ0v) is 16.0. The Kier molecular flexibility index (Phi) is 7.03. The molecule has 1 aliphatic heterocycles. The minimum absolute atomic E-state index is 0. The van der Waals surface area contributed by atoms with Crippen molar-refractivity contribution in [2.45, 2.75) is 11.3 Å². The van der Waals surface area contributed by atoms with Crippen LogP contribution in [-0.2, 0) is 14.8 Å². The first-order valence-corrected chi connectivity index (χ1v) is 8.93. The van der Waals surface area contributed by atoms with Gasteiger partial charge in [0.1, 0.15) is 0 Å². The Morgan fingerprint density at radius 3 is 2.42 bits per heavy atom. The van der Waals surface area contributed by atoms with Gasteiger partial charge < -0.3 is 15.5 Å². The first kappa shape index (κ1) is 20.7. The van der Waals surface area contributed by atoms with Crippen molar-refractivity contribution in [1.29, 1.82) is 0 Å². The van der Waals surface area contributed by atoms with Crippen molar-refractivity contribution in [3.8, 4) is 0 Å². The van der Waals surface area contributed by atoms with Crippen LogP contribution in [0.15, 0.2) is 23.1 Å². The van der Waals surface area contributed by atoms with Crippen LogP contribution < -0.4 is 15.5 Å². The Labute approximate surface area is 149 Å². The number of hydrogen-bond donors (Lipinski definition) is 2. The summed E-state index contributed by atoms with van der Waals surface area (Å²) >= 11 is 0. The second-order valence-electron chi connectivity index (χ2n) is 6.04. The topological polar surface area (TPSA) is 81.8 Å². The number of carbonyl (C=O) groups excluding carboxylic acids is 1. The quantitative estimate of drug-likeness (QED) is 0.800. The fourth-order valence-corrected chi connectivity index (χ4v) is 3.42. The van der Waals surface area contributed by atoms with E-state index in [1.807, 2.05) is 19.0 Å². The van der Waals surface area contributed by atoms with Crippen LogP contribution in [0.4, 0.5) is 11.4 Å². The van der Waals surface area contributed by atoms with Gasteiger partial charge in [-0.1, -0.05) is 0 Å². The Morgan fingerprint density at radius 2 is 1.92 bits per heavy atom. The molecule has 1 atom stereocenters. The predicted octanol–water partition coefficient (Wildman–Crippen LogP) is 0.973. The van der Waals surface area contributed by atoms with Gasteiger partial charge in [-0.25, -0.2) is 12.7 Å². The molecule has 1 aliphatic rings. The number of hydrogen-bond acceptors (Lipinski definition) is 5. The Balaban J connectivity index is 0.00000288. The van der Waals surface area contributed by atoms with Gasteiger partial charge in [0, 0.05) is 34.7 Å². The average Bonchev–Trinajstić information content (AvgIpc) is 3.00. The molecule has 1 heterocycles. The van der Waals surface area contributed by atoms with E-state index in [1.165, 1.54) is 20.2 Å². The molecule has 1 amide bonds. The van der Waals surface area contributed by atoms with Crippen LogP contribution in [0.1, 0.15) is 6.42 Å². The van der Waals surface area contributed by atoms with E-state index >= 15 is 0 Å². The number of carbonyl (C=O) groups is 1. The number of sulfonamides is 1. The highest BCUT2D eigenvalue weighted by Crippen LogP contribution is 2.29. The predicted molar refractivity (Wildman–Crippen MR) is 98.5 cm³/mol. The maximum Gasteiger partial charge on any atom is 0.242 e. The summed E-state index contributed by atoms with van der Waals surface area (Å²) in [5.74, 6) is -0.170. The molecule has 7 nitrogen and oxygen atoms in total. The fourth-order valence-electron chi connectivity index (χ4n) is 2.49. The lowest BCUT2D eigenvalue weighted by Gasteiger charge is -2.21. The van der Waals surface area contributed by atoms with E-state index in [2.05, 4.69) is 10.6 Å². The van der Waals surface area contributed by atoms with Crippen molar-refractivity contribution >= 4 is 39.7 Å². The molecule has 0 radical (unpaired) electrons. The van der Waals surface area contributed by atoms with Crippen molar-refractivity contribution < 1.29 is 13.2 Å². The minimum Gasteiger partial charge on any atom is -0.376 e. The summed E-state index contributed by atoms with van der Waals surface area (Å²) < 4.78 is 25.8. The molecule has 0 bridgehead atoms. The summed E-state index contributed by atoms with van der Waals surface area (Å²) in [6, 6.07) is 4.78. The number of nitrogens with zero attached hydrogens (tertiary/aromatic N) is 2. The third-order valence-electron chi connectivity index (χ3n) is 3.92. The Bertz CT molecular complexity index is 686. The Hall–Kier alpha value is -1.35. The van der Waals surface area contributed by atoms with E-state index in [-0.39, 0.29) is 29.1 Å². The molecule has 2 rings (SSSR count). The standard InChI is InChI=1S/C15H24N4O3S.ClH/c1-18(2)14-6-5-12(23(21,22)19(3)4)9-13(14)17-15(20)11-7-8-16-10-11;/h5-6,9,11,16H,7-8,10H2,1-4H3,(H,17,20);1H. The van der Waals surface area contributed by atoms with E-state index in [0.29, 0.717) is 12.2 Å². The van der Waals surface area contributed by atoms with E-state index in [0.717, 1.165) is 23.0 Å². The molecule has 2 N–H and O–H groups in total. The van der Waals surface area contributed by atoms with Gasteiger partial charge in [-0.05, 0) is 31.2 Å². The number of nitrogens with one attached hydrogen (secondary N) is 2. The third kappa shape index (κ3) is 4.38. The van der Waals surface area contributed by atoms with E-state index in [1.54, 1.807) is 12.1 Å². The molecule has 136 valence electrons. The smallest absolute Gasteiger partial charge is 0.242 e. The van der Waals surface area contributed by atoms with E-state index in [4.69, 9.17) is 0 Å². The molecule has 0 aliphatic carbocycles. The molecule has 1 fully saturated rings. The van der Waals surface area contributed by atoms with Crippen molar-refractivity contribution in [3.05, 3.63) is 18.2 Å². The van der Waals surface area contributed by atoms with Crippen LogP contribution >= 0.6 is 12.4 Å².